The number of thiophene rings is 1. The predicted molar refractivity (Wildman–Crippen MR) is 91.6 cm³/mol. The number of carbonyl (C=O) groups is 1. The molecule has 1 aliphatic heterocycles. The van der Waals surface area contributed by atoms with E-state index in [1.165, 1.54) is 10.4 Å². The molecule has 116 valence electrons. The summed E-state index contributed by atoms with van der Waals surface area (Å²) in [5, 5.41) is 5.80. The van der Waals surface area contributed by atoms with Crippen molar-refractivity contribution in [3.63, 3.8) is 0 Å². The molecule has 1 N–H and O–H groups in total. The van der Waals surface area contributed by atoms with Crippen molar-refractivity contribution in [1.29, 1.82) is 0 Å². The zero-order valence-electron chi connectivity index (χ0n) is 12.3. The Bertz CT molecular complexity index is 604. The lowest BCUT2D eigenvalue weighted by molar-refractivity contribution is 0.181. The van der Waals surface area contributed by atoms with Gasteiger partial charge < -0.3 is 10.2 Å². The van der Waals surface area contributed by atoms with Crippen LogP contribution in [0.5, 0.6) is 0 Å². The summed E-state index contributed by atoms with van der Waals surface area (Å²) in [5.74, 6) is 0.526. The number of piperidine rings is 1. The molecule has 2 heterocycles. The molecule has 0 atom stereocenters. The molecule has 1 aromatic carbocycles. The summed E-state index contributed by atoms with van der Waals surface area (Å²) >= 11 is 7.60. The molecule has 1 aromatic heterocycles. The van der Waals surface area contributed by atoms with Crippen molar-refractivity contribution in [2.75, 3.05) is 13.1 Å². The van der Waals surface area contributed by atoms with Gasteiger partial charge in [-0.15, -0.1) is 11.3 Å². The first-order valence-electron chi connectivity index (χ1n) is 7.53. The second-order valence-electron chi connectivity index (χ2n) is 5.55. The van der Waals surface area contributed by atoms with Gasteiger partial charge in [-0.3, -0.25) is 0 Å². The van der Waals surface area contributed by atoms with E-state index >= 15 is 0 Å². The van der Waals surface area contributed by atoms with E-state index in [-0.39, 0.29) is 6.03 Å². The fourth-order valence-corrected chi connectivity index (χ4v) is 3.61. The maximum atomic E-state index is 12.2. The quantitative estimate of drug-likeness (QED) is 0.881. The minimum atomic E-state index is 0.0444. The summed E-state index contributed by atoms with van der Waals surface area (Å²) in [6.45, 7) is 2.24. The molecule has 0 spiro atoms. The van der Waals surface area contributed by atoms with Crippen molar-refractivity contribution in [3.8, 4) is 0 Å². The summed E-state index contributed by atoms with van der Waals surface area (Å²) in [6, 6.07) is 12.2. The Morgan fingerprint density at radius 3 is 2.59 bits per heavy atom. The molecule has 0 bridgehead atoms. The van der Waals surface area contributed by atoms with Crippen LogP contribution in [0, 0.1) is 0 Å². The molecule has 5 heteroatoms. The van der Waals surface area contributed by atoms with Gasteiger partial charge in [0.05, 0.1) is 6.54 Å². The predicted octanol–water partition coefficient (Wildman–Crippen LogP) is 4.49. The van der Waals surface area contributed by atoms with Crippen molar-refractivity contribution in [3.05, 3.63) is 57.2 Å². The number of halogens is 1. The molecule has 1 aliphatic rings. The van der Waals surface area contributed by atoms with Crippen molar-refractivity contribution >= 4 is 29.0 Å². The lowest BCUT2D eigenvalue weighted by Gasteiger charge is -2.32. The highest BCUT2D eigenvalue weighted by molar-refractivity contribution is 7.09. The third-order valence-electron chi connectivity index (χ3n) is 4.12. The van der Waals surface area contributed by atoms with Gasteiger partial charge in [0, 0.05) is 23.0 Å². The number of likely N-dealkylation sites (tertiary alicyclic amines) is 1. The summed E-state index contributed by atoms with van der Waals surface area (Å²) in [7, 11) is 0. The second-order valence-corrected chi connectivity index (χ2v) is 7.02. The molecule has 0 unspecified atom stereocenters. The molecule has 0 radical (unpaired) electrons. The van der Waals surface area contributed by atoms with Crippen LogP contribution in [0.3, 0.4) is 0 Å². The van der Waals surface area contributed by atoms with Gasteiger partial charge in [-0.1, -0.05) is 29.8 Å². The molecule has 2 aromatic rings. The van der Waals surface area contributed by atoms with Crippen LogP contribution in [0.1, 0.15) is 29.2 Å². The molecule has 0 aliphatic carbocycles. The minimum Gasteiger partial charge on any atom is -0.333 e. The average molecular weight is 335 g/mol. The van der Waals surface area contributed by atoms with E-state index in [4.69, 9.17) is 11.6 Å². The number of hydrogen-bond donors (Lipinski definition) is 1. The summed E-state index contributed by atoms with van der Waals surface area (Å²) in [6.07, 6.45) is 2.02. The average Bonchev–Trinajstić information content (AvgIpc) is 3.07. The highest BCUT2D eigenvalue weighted by Crippen LogP contribution is 2.28. The summed E-state index contributed by atoms with van der Waals surface area (Å²) < 4.78 is 0. The molecule has 1 saturated heterocycles. The lowest BCUT2D eigenvalue weighted by atomic mass is 9.90. The van der Waals surface area contributed by atoms with Gasteiger partial charge in [-0.2, -0.15) is 0 Å². The zero-order valence-corrected chi connectivity index (χ0v) is 13.9. The third kappa shape index (κ3) is 3.81. The van der Waals surface area contributed by atoms with Gasteiger partial charge in [0.15, 0.2) is 0 Å². The number of urea groups is 1. The van der Waals surface area contributed by atoms with Crippen molar-refractivity contribution < 1.29 is 4.79 Å². The van der Waals surface area contributed by atoms with Crippen LogP contribution in [-0.2, 0) is 6.54 Å². The molecular weight excluding hydrogens is 316 g/mol. The Hall–Kier alpha value is -1.52. The molecule has 1 fully saturated rings. The van der Waals surface area contributed by atoms with E-state index in [1.54, 1.807) is 11.3 Å². The van der Waals surface area contributed by atoms with Gasteiger partial charge in [0.2, 0.25) is 0 Å². The van der Waals surface area contributed by atoms with Crippen molar-refractivity contribution in [1.82, 2.24) is 10.2 Å². The number of benzene rings is 1. The number of hydrogen-bond acceptors (Lipinski definition) is 2. The Labute approximate surface area is 139 Å². The molecule has 3 nitrogen and oxygen atoms in total. The van der Waals surface area contributed by atoms with Gasteiger partial charge in [-0.05, 0) is 47.9 Å². The van der Waals surface area contributed by atoms with Crippen LogP contribution in [0.25, 0.3) is 0 Å². The summed E-state index contributed by atoms with van der Waals surface area (Å²) in [4.78, 5) is 15.3. The third-order valence-corrected chi connectivity index (χ3v) is 5.25. The van der Waals surface area contributed by atoms with Crippen molar-refractivity contribution in [2.45, 2.75) is 25.3 Å². The van der Waals surface area contributed by atoms with Crippen LogP contribution in [0.2, 0.25) is 5.02 Å². The number of amides is 2. The zero-order chi connectivity index (χ0) is 15.4. The van der Waals surface area contributed by atoms with Crippen LogP contribution in [-0.4, -0.2) is 24.0 Å². The largest absolute Gasteiger partial charge is 0.333 e. The number of nitrogens with one attached hydrogen (secondary N) is 1. The number of nitrogens with zero attached hydrogens (tertiary/aromatic N) is 1. The fraction of sp³-hybridized carbons (Fsp3) is 0.353. The first-order valence-corrected chi connectivity index (χ1v) is 8.79. The normalized spacial score (nSPS) is 15.8. The first-order chi connectivity index (χ1) is 10.7. The standard InChI is InChI=1S/C17H19ClN2OS/c18-15-5-3-13(4-6-15)14-7-9-20(10-8-14)17(21)19-12-16-2-1-11-22-16/h1-6,11,14H,7-10,12H2,(H,19,21). The molecule has 0 saturated carbocycles. The first kappa shape index (κ1) is 15.4. The topological polar surface area (TPSA) is 32.3 Å². The number of rotatable bonds is 3. The lowest BCUT2D eigenvalue weighted by Crippen LogP contribution is -2.43. The van der Waals surface area contributed by atoms with Gasteiger partial charge in [0.25, 0.3) is 0 Å². The van der Waals surface area contributed by atoms with Crippen LogP contribution in [0.4, 0.5) is 4.79 Å². The Morgan fingerprint density at radius 1 is 1.23 bits per heavy atom. The maximum absolute atomic E-state index is 12.2. The summed E-state index contributed by atoms with van der Waals surface area (Å²) in [5.41, 5.74) is 1.32. The minimum absolute atomic E-state index is 0.0444. The molecule has 22 heavy (non-hydrogen) atoms. The van der Waals surface area contributed by atoms with Crippen LogP contribution < -0.4 is 5.32 Å². The second kappa shape index (κ2) is 7.16. The highest BCUT2D eigenvalue weighted by Gasteiger charge is 2.23. The van der Waals surface area contributed by atoms with Gasteiger partial charge in [-0.25, -0.2) is 4.79 Å². The van der Waals surface area contributed by atoms with E-state index in [2.05, 4.69) is 17.4 Å². The van der Waals surface area contributed by atoms with E-state index in [0.717, 1.165) is 31.0 Å². The highest BCUT2D eigenvalue weighted by atomic mass is 35.5. The van der Waals surface area contributed by atoms with Crippen LogP contribution in [0.15, 0.2) is 41.8 Å². The Balaban J connectivity index is 1.48. The Morgan fingerprint density at radius 2 is 1.95 bits per heavy atom. The monoisotopic (exact) mass is 334 g/mol. The van der Waals surface area contributed by atoms with Gasteiger partial charge in [0.1, 0.15) is 0 Å². The van der Waals surface area contributed by atoms with E-state index in [1.807, 2.05) is 34.5 Å². The Kier molecular flexibility index (Phi) is 5.01. The fourth-order valence-electron chi connectivity index (χ4n) is 2.84. The molecular formula is C17H19ClN2OS. The van der Waals surface area contributed by atoms with E-state index in [0.29, 0.717) is 12.5 Å². The SMILES string of the molecule is O=C(NCc1cccs1)N1CCC(c2ccc(Cl)cc2)CC1. The van der Waals surface area contributed by atoms with Crippen molar-refractivity contribution in [2.24, 2.45) is 0 Å². The van der Waals surface area contributed by atoms with Crippen LogP contribution >= 0.6 is 22.9 Å². The molecule has 2 amide bonds. The van der Waals surface area contributed by atoms with E-state index in [9.17, 15) is 4.79 Å². The smallest absolute Gasteiger partial charge is 0.317 e. The van der Waals surface area contributed by atoms with Gasteiger partial charge >= 0.3 is 6.03 Å². The molecule has 3 rings (SSSR count). The van der Waals surface area contributed by atoms with E-state index < -0.39 is 0 Å². The maximum Gasteiger partial charge on any atom is 0.317 e. The number of carbonyl (C=O) groups excluding carboxylic acids is 1.